The van der Waals surface area contributed by atoms with Crippen molar-refractivity contribution in [2.45, 2.75) is 18.6 Å². The number of aromatic nitrogens is 4. The smallest absolute Gasteiger partial charge is 0.428 e. The second kappa shape index (κ2) is 11.0. The van der Waals surface area contributed by atoms with Crippen LogP contribution in [-0.4, -0.2) is 35.2 Å². The molecule has 0 fully saturated rings. The summed E-state index contributed by atoms with van der Waals surface area (Å²) in [4.78, 5) is 0. The molecule has 3 aromatic carbocycles. The number of rotatable bonds is 7. The minimum Gasteiger partial charge on any atom is -1.00 e. The van der Waals surface area contributed by atoms with Gasteiger partial charge in [0.05, 0.1) is 32.1 Å². The van der Waals surface area contributed by atoms with E-state index in [4.69, 9.17) is 9.47 Å². The standard InChI is InChI=1S/C28H27N4O2S.ClH/c1-19-10-12-21(13-11-19)26-23-17-25(34-3)24(33-2)16-22(23)14-15-31(26)27-29-30-28(35-4)32(27)18-20-8-6-5-7-9-20;/h5-17H,18H2,1-4H3;1H/q+1;/p-1. The van der Waals surface area contributed by atoms with Gasteiger partial charge >= 0.3 is 5.95 Å². The predicted octanol–water partition coefficient (Wildman–Crippen LogP) is 2.47. The van der Waals surface area contributed by atoms with Crippen LogP contribution in [0.2, 0.25) is 0 Å². The zero-order valence-corrected chi connectivity index (χ0v) is 22.2. The summed E-state index contributed by atoms with van der Waals surface area (Å²) in [6, 6.07) is 25.0. The molecule has 0 saturated heterocycles. The first kappa shape index (κ1) is 25.5. The number of benzene rings is 3. The fraction of sp³-hybridized carbons (Fsp3) is 0.179. The molecule has 5 aromatic rings. The van der Waals surface area contributed by atoms with Gasteiger partial charge in [0.1, 0.15) is 5.69 Å². The molecular weight excluding hydrogens is 492 g/mol. The lowest BCUT2D eigenvalue weighted by molar-refractivity contribution is -0.592. The van der Waals surface area contributed by atoms with Crippen molar-refractivity contribution in [1.82, 2.24) is 14.8 Å². The molecule has 0 bridgehead atoms. The highest BCUT2D eigenvalue weighted by molar-refractivity contribution is 7.98. The van der Waals surface area contributed by atoms with E-state index in [2.05, 4.69) is 87.0 Å². The topological polar surface area (TPSA) is 53.0 Å². The first-order chi connectivity index (χ1) is 17.1. The Kier molecular flexibility index (Phi) is 7.82. The molecule has 0 saturated carbocycles. The van der Waals surface area contributed by atoms with Crippen LogP contribution in [0.5, 0.6) is 11.5 Å². The van der Waals surface area contributed by atoms with E-state index < -0.39 is 0 Å². The molecule has 184 valence electrons. The monoisotopic (exact) mass is 518 g/mol. The lowest BCUT2D eigenvalue weighted by atomic mass is 10.0. The zero-order chi connectivity index (χ0) is 24.4. The van der Waals surface area contributed by atoms with E-state index in [1.54, 1.807) is 26.0 Å². The molecule has 0 radical (unpaired) electrons. The van der Waals surface area contributed by atoms with Crippen molar-refractivity contribution < 1.29 is 26.4 Å². The van der Waals surface area contributed by atoms with Crippen LogP contribution >= 0.6 is 11.8 Å². The number of methoxy groups -OCH3 is 2. The Balaban J connectivity index is 0.00000304. The van der Waals surface area contributed by atoms with E-state index in [0.29, 0.717) is 18.0 Å². The number of hydrogen-bond donors (Lipinski definition) is 0. The van der Waals surface area contributed by atoms with Crippen LogP contribution in [0.4, 0.5) is 0 Å². The molecule has 0 aliphatic rings. The first-order valence-corrected chi connectivity index (χ1v) is 12.5. The van der Waals surface area contributed by atoms with E-state index in [9.17, 15) is 0 Å². The number of hydrogen-bond acceptors (Lipinski definition) is 5. The molecule has 8 heteroatoms. The fourth-order valence-electron chi connectivity index (χ4n) is 4.28. The van der Waals surface area contributed by atoms with Gasteiger partial charge in [0, 0.05) is 10.9 Å². The van der Waals surface area contributed by atoms with Crippen molar-refractivity contribution >= 4 is 22.5 Å². The molecule has 36 heavy (non-hydrogen) atoms. The molecule has 2 aromatic heterocycles. The van der Waals surface area contributed by atoms with Crippen molar-refractivity contribution in [3.8, 4) is 28.7 Å². The molecule has 2 heterocycles. The van der Waals surface area contributed by atoms with Crippen LogP contribution in [0.15, 0.2) is 84.1 Å². The molecular formula is C28H27ClN4O2S. The van der Waals surface area contributed by atoms with Crippen molar-refractivity contribution in [2.24, 2.45) is 0 Å². The maximum absolute atomic E-state index is 5.65. The highest BCUT2D eigenvalue weighted by Crippen LogP contribution is 2.36. The molecule has 0 atom stereocenters. The lowest BCUT2D eigenvalue weighted by Gasteiger charge is -2.15. The molecule has 0 spiro atoms. The van der Waals surface area contributed by atoms with Gasteiger partial charge < -0.3 is 21.9 Å². The van der Waals surface area contributed by atoms with Crippen LogP contribution in [0, 0.1) is 6.92 Å². The Morgan fingerprint density at radius 1 is 0.889 bits per heavy atom. The summed E-state index contributed by atoms with van der Waals surface area (Å²) in [7, 11) is 3.32. The summed E-state index contributed by atoms with van der Waals surface area (Å²) >= 11 is 1.59. The largest absolute Gasteiger partial charge is 1.00 e. The Morgan fingerprint density at radius 2 is 1.58 bits per heavy atom. The van der Waals surface area contributed by atoms with Gasteiger partial charge in [-0.3, -0.25) is 0 Å². The van der Waals surface area contributed by atoms with Crippen molar-refractivity contribution in [2.75, 3.05) is 20.5 Å². The van der Waals surface area contributed by atoms with Gasteiger partial charge in [0.25, 0.3) is 5.16 Å². The van der Waals surface area contributed by atoms with Gasteiger partial charge in [-0.25, -0.2) is 0 Å². The van der Waals surface area contributed by atoms with E-state index in [-0.39, 0.29) is 12.4 Å². The predicted molar refractivity (Wildman–Crippen MR) is 140 cm³/mol. The summed E-state index contributed by atoms with van der Waals surface area (Å²) in [6.45, 7) is 2.76. The minimum absolute atomic E-state index is 0. The van der Waals surface area contributed by atoms with Gasteiger partial charge in [-0.2, -0.15) is 9.13 Å². The summed E-state index contributed by atoms with van der Waals surface area (Å²) < 4.78 is 15.5. The third kappa shape index (κ3) is 4.76. The third-order valence-electron chi connectivity index (χ3n) is 6.06. The van der Waals surface area contributed by atoms with Crippen LogP contribution in [0.3, 0.4) is 0 Å². The third-order valence-corrected chi connectivity index (χ3v) is 6.73. The number of ether oxygens (including phenoxy) is 2. The maximum Gasteiger partial charge on any atom is 0.428 e. The molecule has 0 aliphatic carbocycles. The fourth-order valence-corrected chi connectivity index (χ4v) is 4.77. The first-order valence-electron chi connectivity index (χ1n) is 11.3. The number of thioether (sulfide) groups is 1. The number of halogens is 1. The van der Waals surface area contributed by atoms with Gasteiger partial charge in [0.2, 0.25) is 0 Å². The summed E-state index contributed by atoms with van der Waals surface area (Å²) in [6.07, 6.45) is 4.08. The van der Waals surface area contributed by atoms with E-state index in [1.165, 1.54) is 11.1 Å². The van der Waals surface area contributed by atoms with E-state index >= 15 is 0 Å². The number of aryl methyl sites for hydroxylation is 1. The van der Waals surface area contributed by atoms with E-state index in [0.717, 1.165) is 33.1 Å². The molecule has 0 unspecified atom stereocenters. The average Bonchev–Trinajstić information content (AvgIpc) is 3.30. The molecule has 5 rings (SSSR count). The second-order valence-electron chi connectivity index (χ2n) is 8.25. The summed E-state index contributed by atoms with van der Waals surface area (Å²) in [5, 5.41) is 12.1. The molecule has 0 amide bonds. The van der Waals surface area contributed by atoms with Gasteiger partial charge in [-0.1, -0.05) is 71.9 Å². The highest BCUT2D eigenvalue weighted by Gasteiger charge is 2.27. The van der Waals surface area contributed by atoms with Crippen molar-refractivity contribution in [1.29, 1.82) is 0 Å². The Morgan fingerprint density at radius 3 is 2.25 bits per heavy atom. The quantitative estimate of drug-likeness (QED) is 0.245. The SMILES string of the molecule is COc1cc2cc[n+](-c3nnc(SC)n3Cc3ccccc3)c(-c3ccc(C)cc3)c2cc1OC.[Cl-]. The van der Waals surface area contributed by atoms with Crippen LogP contribution in [0.1, 0.15) is 11.1 Å². The Labute approximate surface area is 221 Å². The van der Waals surface area contributed by atoms with Crippen molar-refractivity contribution in [3.63, 3.8) is 0 Å². The van der Waals surface area contributed by atoms with Gasteiger partial charge in [-0.05, 0) is 47.4 Å². The number of nitrogens with zero attached hydrogens (tertiary/aromatic N) is 4. The zero-order valence-electron chi connectivity index (χ0n) is 20.6. The van der Waals surface area contributed by atoms with Crippen LogP contribution in [0.25, 0.3) is 28.0 Å². The molecule has 0 N–H and O–H groups in total. The van der Waals surface area contributed by atoms with Crippen LogP contribution < -0.4 is 26.4 Å². The average molecular weight is 519 g/mol. The molecule has 6 nitrogen and oxygen atoms in total. The molecule has 0 aliphatic heterocycles. The van der Waals surface area contributed by atoms with Gasteiger partial charge in [0.15, 0.2) is 11.5 Å². The highest BCUT2D eigenvalue weighted by atomic mass is 35.5. The normalized spacial score (nSPS) is 10.8. The van der Waals surface area contributed by atoms with Gasteiger partial charge in [-0.15, -0.1) is 0 Å². The second-order valence-corrected chi connectivity index (χ2v) is 9.03. The van der Waals surface area contributed by atoms with E-state index in [1.807, 2.05) is 24.5 Å². The number of pyridine rings is 1. The Hall–Kier alpha value is -3.55. The van der Waals surface area contributed by atoms with Crippen molar-refractivity contribution in [3.05, 3.63) is 90.1 Å². The van der Waals surface area contributed by atoms with Crippen LogP contribution in [-0.2, 0) is 6.54 Å². The Bertz CT molecular complexity index is 1490. The lowest BCUT2D eigenvalue weighted by Crippen LogP contribution is -3.00. The summed E-state index contributed by atoms with van der Waals surface area (Å²) in [5.74, 6) is 2.14. The number of fused-ring (bicyclic) bond motifs is 1. The summed E-state index contributed by atoms with van der Waals surface area (Å²) in [5.41, 5.74) is 4.48. The maximum atomic E-state index is 5.65. The minimum atomic E-state index is 0.